The molecule has 0 aliphatic rings. The third kappa shape index (κ3) is 6.40. The van der Waals surface area contributed by atoms with Crippen molar-refractivity contribution < 1.29 is 4.79 Å². The number of carbonyl (C=O) groups is 1. The summed E-state index contributed by atoms with van der Waals surface area (Å²) < 4.78 is 0. The number of nitrogens with two attached hydrogens (primary N) is 1. The van der Waals surface area contributed by atoms with Crippen molar-refractivity contribution in [2.45, 2.75) is 38.6 Å². The first-order valence-electron chi connectivity index (χ1n) is 7.23. The van der Waals surface area contributed by atoms with E-state index in [9.17, 15) is 4.79 Å². The van der Waals surface area contributed by atoms with Crippen molar-refractivity contribution >= 4 is 5.91 Å². The molecule has 0 unspecified atom stereocenters. The first kappa shape index (κ1) is 16.3. The summed E-state index contributed by atoms with van der Waals surface area (Å²) in [6, 6.07) is 10.1. The molecule has 0 atom stereocenters. The van der Waals surface area contributed by atoms with Gasteiger partial charge in [0.2, 0.25) is 5.91 Å². The Hall–Kier alpha value is -1.79. The molecule has 0 saturated heterocycles. The first-order valence-corrected chi connectivity index (χ1v) is 7.23. The van der Waals surface area contributed by atoms with E-state index < -0.39 is 0 Å². The minimum atomic E-state index is 0.194. The molecule has 0 aromatic heterocycles. The van der Waals surface area contributed by atoms with Gasteiger partial charge < -0.3 is 10.6 Å². The molecule has 0 spiro atoms. The van der Waals surface area contributed by atoms with Crippen molar-refractivity contribution in [3.05, 3.63) is 35.9 Å². The molecule has 2 N–H and O–H groups in total. The fourth-order valence-electron chi connectivity index (χ4n) is 2.04. The molecule has 1 aromatic rings. The van der Waals surface area contributed by atoms with E-state index in [0.717, 1.165) is 37.8 Å². The summed E-state index contributed by atoms with van der Waals surface area (Å²) in [6.45, 7) is 1.99. The van der Waals surface area contributed by atoms with E-state index in [0.29, 0.717) is 19.5 Å². The highest BCUT2D eigenvalue weighted by molar-refractivity contribution is 5.76. The summed E-state index contributed by atoms with van der Waals surface area (Å²) in [5.74, 6) is 2.80. The predicted octanol–water partition coefficient (Wildman–Crippen LogP) is 2.56. The number of amides is 1. The highest BCUT2D eigenvalue weighted by Gasteiger charge is 2.12. The van der Waals surface area contributed by atoms with Gasteiger partial charge in [0.1, 0.15) is 0 Å². The lowest BCUT2D eigenvalue weighted by Crippen LogP contribution is -2.32. The average Bonchev–Trinajstić information content (AvgIpc) is 2.48. The average molecular weight is 272 g/mol. The van der Waals surface area contributed by atoms with Crippen molar-refractivity contribution in [2.75, 3.05) is 13.1 Å². The Morgan fingerprint density at radius 1 is 1.20 bits per heavy atom. The van der Waals surface area contributed by atoms with Crippen LogP contribution in [0.4, 0.5) is 0 Å². The summed E-state index contributed by atoms with van der Waals surface area (Å²) in [6.07, 6.45) is 9.14. The second kappa shape index (κ2) is 10.1. The topological polar surface area (TPSA) is 46.3 Å². The Kier molecular flexibility index (Phi) is 8.17. The van der Waals surface area contributed by atoms with Crippen LogP contribution in [-0.4, -0.2) is 23.9 Å². The van der Waals surface area contributed by atoms with Crippen LogP contribution >= 0.6 is 0 Å². The molecular formula is C17H24N2O. The summed E-state index contributed by atoms with van der Waals surface area (Å²) in [4.78, 5) is 14.2. The molecule has 0 aliphatic carbocycles. The number of benzene rings is 1. The molecule has 20 heavy (non-hydrogen) atoms. The van der Waals surface area contributed by atoms with Crippen molar-refractivity contribution in [3.8, 4) is 12.3 Å². The lowest BCUT2D eigenvalue weighted by atomic mass is 10.1. The largest absolute Gasteiger partial charge is 0.338 e. The molecule has 108 valence electrons. The van der Waals surface area contributed by atoms with Crippen LogP contribution in [0.3, 0.4) is 0 Å². The second-order valence-corrected chi connectivity index (χ2v) is 4.85. The summed E-state index contributed by atoms with van der Waals surface area (Å²) in [5.41, 5.74) is 6.70. The third-order valence-electron chi connectivity index (χ3n) is 3.16. The molecule has 0 heterocycles. The van der Waals surface area contributed by atoms with Gasteiger partial charge in [0.15, 0.2) is 0 Å². The number of nitrogens with zero attached hydrogens (tertiary/aromatic N) is 1. The van der Waals surface area contributed by atoms with Crippen LogP contribution in [0.15, 0.2) is 30.3 Å². The van der Waals surface area contributed by atoms with Crippen LogP contribution in [0.5, 0.6) is 0 Å². The van der Waals surface area contributed by atoms with Gasteiger partial charge in [0, 0.05) is 25.9 Å². The van der Waals surface area contributed by atoms with Crippen molar-refractivity contribution in [2.24, 2.45) is 5.73 Å². The van der Waals surface area contributed by atoms with Gasteiger partial charge in [-0.3, -0.25) is 4.79 Å². The zero-order valence-electron chi connectivity index (χ0n) is 12.1. The Bertz CT molecular complexity index is 422. The van der Waals surface area contributed by atoms with E-state index in [4.69, 9.17) is 12.2 Å². The fourth-order valence-corrected chi connectivity index (χ4v) is 2.04. The zero-order chi connectivity index (χ0) is 14.6. The minimum absolute atomic E-state index is 0.194. The molecule has 3 nitrogen and oxygen atoms in total. The molecular weight excluding hydrogens is 248 g/mol. The molecule has 1 amide bonds. The molecule has 0 fully saturated rings. The minimum Gasteiger partial charge on any atom is -0.338 e. The summed E-state index contributed by atoms with van der Waals surface area (Å²) in [7, 11) is 0. The zero-order valence-corrected chi connectivity index (χ0v) is 12.1. The van der Waals surface area contributed by atoms with Gasteiger partial charge in [-0.15, -0.1) is 12.3 Å². The fraction of sp³-hybridized carbons (Fsp3) is 0.471. The molecule has 1 aromatic carbocycles. The Balaban J connectivity index is 2.50. The van der Waals surface area contributed by atoms with Crippen molar-refractivity contribution in [1.82, 2.24) is 4.90 Å². The number of hydrogen-bond donors (Lipinski definition) is 1. The van der Waals surface area contributed by atoms with Crippen LogP contribution < -0.4 is 5.73 Å². The van der Waals surface area contributed by atoms with E-state index in [2.05, 4.69) is 5.92 Å². The molecule has 1 rings (SSSR count). The van der Waals surface area contributed by atoms with E-state index in [-0.39, 0.29) is 5.91 Å². The Labute approximate surface area is 122 Å². The maximum Gasteiger partial charge on any atom is 0.222 e. The van der Waals surface area contributed by atoms with Crippen LogP contribution in [-0.2, 0) is 11.3 Å². The molecule has 0 radical (unpaired) electrons. The summed E-state index contributed by atoms with van der Waals surface area (Å²) >= 11 is 0. The standard InChI is InChI=1S/C17H24N2O/c1-2-3-4-8-12-17(20)19(14-9-13-18)15-16-10-6-5-7-11-16/h1,5-7,10-11H,3-4,8-9,12-15,18H2. The smallest absolute Gasteiger partial charge is 0.222 e. The SMILES string of the molecule is C#CCCCCC(=O)N(CCCN)Cc1ccccc1. The van der Waals surface area contributed by atoms with Crippen LogP contribution in [0.1, 0.15) is 37.7 Å². The molecule has 3 heteroatoms. The van der Waals surface area contributed by atoms with Gasteiger partial charge in [-0.1, -0.05) is 30.3 Å². The van der Waals surface area contributed by atoms with Gasteiger partial charge >= 0.3 is 0 Å². The molecule has 0 bridgehead atoms. The van der Waals surface area contributed by atoms with Gasteiger partial charge in [-0.25, -0.2) is 0 Å². The van der Waals surface area contributed by atoms with Gasteiger partial charge in [0.05, 0.1) is 0 Å². The van der Waals surface area contributed by atoms with Gasteiger partial charge in [0.25, 0.3) is 0 Å². The van der Waals surface area contributed by atoms with Crippen LogP contribution in [0.25, 0.3) is 0 Å². The Morgan fingerprint density at radius 3 is 2.60 bits per heavy atom. The first-order chi connectivity index (χ1) is 9.77. The van der Waals surface area contributed by atoms with Crippen molar-refractivity contribution in [1.29, 1.82) is 0 Å². The van der Waals surface area contributed by atoms with Crippen LogP contribution in [0.2, 0.25) is 0 Å². The normalized spacial score (nSPS) is 10.0. The highest BCUT2D eigenvalue weighted by Crippen LogP contribution is 2.09. The Morgan fingerprint density at radius 2 is 1.95 bits per heavy atom. The lowest BCUT2D eigenvalue weighted by Gasteiger charge is -2.22. The van der Waals surface area contributed by atoms with Crippen molar-refractivity contribution in [3.63, 3.8) is 0 Å². The molecule has 0 aliphatic heterocycles. The quantitative estimate of drug-likeness (QED) is 0.555. The lowest BCUT2D eigenvalue weighted by molar-refractivity contribution is -0.132. The van der Waals surface area contributed by atoms with E-state index in [1.807, 2.05) is 35.2 Å². The van der Waals surface area contributed by atoms with E-state index in [1.54, 1.807) is 0 Å². The van der Waals surface area contributed by atoms with E-state index >= 15 is 0 Å². The predicted molar refractivity (Wildman–Crippen MR) is 82.8 cm³/mol. The summed E-state index contributed by atoms with van der Waals surface area (Å²) in [5, 5.41) is 0. The highest BCUT2D eigenvalue weighted by atomic mass is 16.2. The van der Waals surface area contributed by atoms with E-state index in [1.165, 1.54) is 0 Å². The number of terminal acetylenes is 1. The van der Waals surface area contributed by atoms with Gasteiger partial charge in [-0.2, -0.15) is 0 Å². The maximum absolute atomic E-state index is 12.3. The monoisotopic (exact) mass is 272 g/mol. The third-order valence-corrected chi connectivity index (χ3v) is 3.16. The maximum atomic E-state index is 12.3. The van der Waals surface area contributed by atoms with Crippen LogP contribution in [0, 0.1) is 12.3 Å². The second-order valence-electron chi connectivity index (χ2n) is 4.85. The number of rotatable bonds is 9. The molecule has 0 saturated carbocycles. The number of carbonyl (C=O) groups excluding carboxylic acids is 1. The van der Waals surface area contributed by atoms with Gasteiger partial charge in [-0.05, 0) is 31.4 Å². The number of unbranched alkanes of at least 4 members (excludes halogenated alkanes) is 2. The number of hydrogen-bond acceptors (Lipinski definition) is 2.